The predicted octanol–water partition coefficient (Wildman–Crippen LogP) is 3.06. The first kappa shape index (κ1) is 31.7. The molecular formula is C27H35N3O8S2. The highest BCUT2D eigenvalue weighted by Crippen LogP contribution is 2.21. The van der Waals surface area contributed by atoms with Gasteiger partial charge in [0.25, 0.3) is 20.2 Å². The fourth-order valence-corrected chi connectivity index (χ4v) is 4.36. The zero-order valence-corrected chi connectivity index (χ0v) is 24.3. The Hall–Kier alpha value is -2.81. The topological polar surface area (TPSA) is 144 Å². The van der Waals surface area contributed by atoms with Gasteiger partial charge in [0.2, 0.25) is 0 Å². The molecule has 11 nitrogen and oxygen atoms in total. The molecule has 0 atom stereocenters. The zero-order chi connectivity index (χ0) is 28.8. The summed E-state index contributed by atoms with van der Waals surface area (Å²) in [5.41, 5.74) is 5.17. The van der Waals surface area contributed by atoms with Crippen LogP contribution in [0.4, 0.5) is 0 Å². The van der Waals surface area contributed by atoms with E-state index >= 15 is 0 Å². The van der Waals surface area contributed by atoms with Gasteiger partial charge in [-0.2, -0.15) is 16.8 Å². The number of hydrogen-bond acceptors (Lipinski definition) is 11. The normalized spacial score (nSPS) is 12.1. The molecule has 0 N–H and O–H groups in total. The Labute approximate surface area is 236 Å². The second-order valence-corrected chi connectivity index (χ2v) is 12.3. The molecule has 0 saturated carbocycles. The highest BCUT2D eigenvalue weighted by Gasteiger charge is 2.07. The van der Waals surface area contributed by atoms with Crippen LogP contribution in [0.5, 0.6) is 0 Å². The minimum Gasteiger partial charge on any atom is -0.379 e. The zero-order valence-electron chi connectivity index (χ0n) is 22.7. The first-order valence-corrected chi connectivity index (χ1v) is 16.4. The molecule has 0 amide bonds. The molecule has 0 bridgehead atoms. The average molecular weight is 594 g/mol. The monoisotopic (exact) mass is 593 g/mol. The van der Waals surface area contributed by atoms with Gasteiger partial charge in [-0.05, 0) is 61.1 Å². The number of pyridine rings is 3. The lowest BCUT2D eigenvalue weighted by Crippen LogP contribution is -2.10. The van der Waals surface area contributed by atoms with Crippen LogP contribution in [0.25, 0.3) is 22.8 Å². The molecule has 3 heterocycles. The van der Waals surface area contributed by atoms with E-state index in [0.29, 0.717) is 13.2 Å². The lowest BCUT2D eigenvalue weighted by atomic mass is 10.1. The summed E-state index contributed by atoms with van der Waals surface area (Å²) < 4.78 is 63.7. The molecule has 218 valence electrons. The summed E-state index contributed by atoms with van der Waals surface area (Å²) in [6.45, 7) is 1.49. The van der Waals surface area contributed by atoms with E-state index in [-0.39, 0.29) is 26.4 Å². The van der Waals surface area contributed by atoms with E-state index in [4.69, 9.17) is 14.5 Å². The number of nitrogens with zero attached hydrogens (tertiary/aromatic N) is 3. The van der Waals surface area contributed by atoms with Gasteiger partial charge in [0.1, 0.15) is 0 Å². The minimum atomic E-state index is -3.43. The summed E-state index contributed by atoms with van der Waals surface area (Å²) in [5.74, 6) is 0. The fraction of sp³-hybridized carbons (Fsp3) is 0.444. The van der Waals surface area contributed by atoms with Gasteiger partial charge < -0.3 is 9.47 Å². The Morgan fingerprint density at radius 3 is 1.40 bits per heavy atom. The lowest BCUT2D eigenvalue weighted by Gasteiger charge is -2.07. The first-order valence-electron chi connectivity index (χ1n) is 12.8. The molecule has 0 aromatic carbocycles. The molecular weight excluding hydrogens is 558 g/mol. The average Bonchev–Trinajstić information content (AvgIpc) is 2.91. The third-order valence-electron chi connectivity index (χ3n) is 5.48. The molecule has 0 spiro atoms. The summed E-state index contributed by atoms with van der Waals surface area (Å²) in [6, 6.07) is 13.7. The van der Waals surface area contributed by atoms with Crippen molar-refractivity contribution < 1.29 is 34.7 Å². The van der Waals surface area contributed by atoms with Crippen LogP contribution in [0.15, 0.2) is 54.9 Å². The molecule has 3 rings (SSSR count). The molecule has 13 heteroatoms. The summed E-state index contributed by atoms with van der Waals surface area (Å²) in [6.07, 6.45) is 8.81. The maximum atomic E-state index is 10.9. The summed E-state index contributed by atoms with van der Waals surface area (Å²) in [4.78, 5) is 13.9. The van der Waals surface area contributed by atoms with Crippen molar-refractivity contribution in [1.29, 1.82) is 0 Å². The van der Waals surface area contributed by atoms with E-state index in [2.05, 4.69) is 18.3 Å². The largest absolute Gasteiger partial charge is 0.379 e. The molecule has 3 aromatic heterocycles. The van der Waals surface area contributed by atoms with Gasteiger partial charge in [0.05, 0.1) is 61.7 Å². The quantitative estimate of drug-likeness (QED) is 0.159. The molecule has 0 aliphatic heterocycles. The van der Waals surface area contributed by atoms with Crippen molar-refractivity contribution in [3.8, 4) is 22.8 Å². The molecule has 0 aliphatic rings. The van der Waals surface area contributed by atoms with Crippen LogP contribution in [0.2, 0.25) is 0 Å². The molecule has 3 aromatic rings. The summed E-state index contributed by atoms with van der Waals surface area (Å²) in [5, 5.41) is 0. The van der Waals surface area contributed by atoms with Crippen molar-refractivity contribution in [1.82, 2.24) is 15.0 Å². The van der Waals surface area contributed by atoms with Gasteiger partial charge in [-0.1, -0.05) is 18.2 Å². The van der Waals surface area contributed by atoms with Crippen molar-refractivity contribution >= 4 is 20.2 Å². The predicted molar refractivity (Wildman–Crippen MR) is 151 cm³/mol. The Morgan fingerprint density at radius 1 is 0.575 bits per heavy atom. The van der Waals surface area contributed by atoms with Crippen molar-refractivity contribution in [2.45, 2.75) is 25.7 Å². The molecule has 0 fully saturated rings. The van der Waals surface area contributed by atoms with Gasteiger partial charge in [-0.25, -0.2) is 4.98 Å². The Bertz CT molecular complexity index is 1290. The third kappa shape index (κ3) is 12.6. The molecule has 0 unspecified atom stereocenters. The SMILES string of the molecule is CS(=O)(=O)OCCOCCCc1ccc(-c2cccc(-c3ccc(CCCOCCOS(C)(=O)=O)cn3)n2)nc1. The maximum Gasteiger partial charge on any atom is 0.264 e. The number of ether oxygens (including phenoxy) is 2. The molecule has 40 heavy (non-hydrogen) atoms. The Kier molecular flexibility index (Phi) is 12.6. The van der Waals surface area contributed by atoms with Gasteiger partial charge in [0.15, 0.2) is 0 Å². The van der Waals surface area contributed by atoms with Crippen molar-refractivity contribution in [3.05, 3.63) is 66.0 Å². The van der Waals surface area contributed by atoms with Crippen LogP contribution in [0, 0.1) is 0 Å². The van der Waals surface area contributed by atoms with Gasteiger partial charge >= 0.3 is 0 Å². The standard InChI is InChI=1S/C27H35N3O8S2/c1-39(31,32)37-18-16-35-14-4-6-22-10-12-24(28-20-22)26-8-3-9-27(30-26)25-13-11-23(21-29-25)7-5-15-36-17-19-38-40(2,33)34/h3,8-13,20-21H,4-7,14-19H2,1-2H3. The van der Waals surface area contributed by atoms with Crippen molar-refractivity contribution in [2.75, 3.05) is 52.2 Å². The fourth-order valence-electron chi connectivity index (χ4n) is 3.62. The third-order valence-corrected chi connectivity index (χ3v) is 6.67. The molecule has 0 aliphatic carbocycles. The van der Waals surface area contributed by atoms with Crippen LogP contribution < -0.4 is 0 Å². The number of hydrogen-bond donors (Lipinski definition) is 0. The van der Waals surface area contributed by atoms with Gasteiger partial charge in [0, 0.05) is 25.6 Å². The lowest BCUT2D eigenvalue weighted by molar-refractivity contribution is 0.101. The molecule has 0 radical (unpaired) electrons. The van der Waals surface area contributed by atoms with E-state index in [1.54, 1.807) is 0 Å². The number of rotatable bonds is 18. The van der Waals surface area contributed by atoms with E-state index < -0.39 is 20.2 Å². The maximum absolute atomic E-state index is 10.9. The van der Waals surface area contributed by atoms with E-state index in [0.717, 1.165) is 72.1 Å². The van der Waals surface area contributed by atoms with Gasteiger partial charge in [-0.3, -0.25) is 18.3 Å². The molecule has 0 saturated heterocycles. The highest BCUT2D eigenvalue weighted by molar-refractivity contribution is 7.86. The van der Waals surface area contributed by atoms with Crippen LogP contribution in [-0.2, 0) is 50.9 Å². The summed E-state index contributed by atoms with van der Waals surface area (Å²) >= 11 is 0. The Balaban J connectivity index is 1.42. The number of aromatic nitrogens is 3. The van der Waals surface area contributed by atoms with Crippen molar-refractivity contribution in [2.24, 2.45) is 0 Å². The van der Waals surface area contributed by atoms with Gasteiger partial charge in [-0.15, -0.1) is 0 Å². The van der Waals surface area contributed by atoms with E-state index in [9.17, 15) is 16.8 Å². The second-order valence-electron chi connectivity index (χ2n) is 9.00. The second kappa shape index (κ2) is 15.8. The minimum absolute atomic E-state index is 0.0184. The van der Waals surface area contributed by atoms with Crippen molar-refractivity contribution in [3.63, 3.8) is 0 Å². The highest BCUT2D eigenvalue weighted by atomic mass is 32.2. The summed E-state index contributed by atoms with van der Waals surface area (Å²) in [7, 11) is -6.87. The van der Waals surface area contributed by atoms with Crippen LogP contribution in [-0.4, -0.2) is 83.9 Å². The van der Waals surface area contributed by atoms with Crippen LogP contribution in [0.1, 0.15) is 24.0 Å². The Morgan fingerprint density at radius 2 is 1.02 bits per heavy atom. The van der Waals surface area contributed by atoms with E-state index in [1.807, 2.05) is 54.9 Å². The first-order chi connectivity index (χ1) is 19.1. The van der Waals surface area contributed by atoms with Crippen LogP contribution in [0.3, 0.4) is 0 Å². The smallest absolute Gasteiger partial charge is 0.264 e. The van der Waals surface area contributed by atoms with Crippen LogP contribution >= 0.6 is 0 Å². The van der Waals surface area contributed by atoms with E-state index in [1.165, 1.54) is 0 Å². The number of aryl methyl sites for hydroxylation is 2.